The lowest BCUT2D eigenvalue weighted by atomic mass is 10.00. The summed E-state index contributed by atoms with van der Waals surface area (Å²) in [5.74, 6) is -0.112. The Balaban J connectivity index is 2.42. The van der Waals surface area contributed by atoms with Crippen LogP contribution in [-0.2, 0) is 9.47 Å². The molecule has 0 unspecified atom stereocenters. The number of carbonyl (C=O) groups is 1. The van der Waals surface area contributed by atoms with Gasteiger partial charge in [-0.25, -0.2) is 4.79 Å². The molecule has 0 aromatic rings. The van der Waals surface area contributed by atoms with Crippen molar-refractivity contribution in [2.24, 2.45) is 5.92 Å². The molecular formula is C11H21NO4. The Morgan fingerprint density at radius 2 is 2.25 bits per heavy atom. The van der Waals surface area contributed by atoms with E-state index in [2.05, 4.69) is 5.32 Å². The molecule has 1 fully saturated rings. The molecule has 0 aliphatic carbocycles. The molecule has 1 amide bonds. The highest BCUT2D eigenvalue weighted by atomic mass is 16.6. The van der Waals surface area contributed by atoms with Gasteiger partial charge in [0.05, 0.1) is 19.8 Å². The molecule has 0 aromatic heterocycles. The highest BCUT2D eigenvalue weighted by Gasteiger charge is 2.29. The summed E-state index contributed by atoms with van der Waals surface area (Å²) in [6.07, 6.45) is -0.0399. The first-order chi connectivity index (χ1) is 7.42. The van der Waals surface area contributed by atoms with Gasteiger partial charge in [0.25, 0.3) is 0 Å². The Labute approximate surface area is 96.1 Å². The van der Waals surface area contributed by atoms with Crippen molar-refractivity contribution in [2.45, 2.75) is 38.8 Å². The second-order valence-corrected chi connectivity index (χ2v) is 5.13. The summed E-state index contributed by atoms with van der Waals surface area (Å²) < 4.78 is 10.5. The first kappa shape index (κ1) is 13.3. The first-order valence-electron chi connectivity index (χ1n) is 5.60. The number of alkyl carbamates (subject to hydrolysis) is 1. The smallest absolute Gasteiger partial charge is 0.407 e. The van der Waals surface area contributed by atoms with Gasteiger partial charge in [-0.1, -0.05) is 0 Å². The second-order valence-electron chi connectivity index (χ2n) is 5.13. The van der Waals surface area contributed by atoms with Crippen LogP contribution in [0.15, 0.2) is 0 Å². The summed E-state index contributed by atoms with van der Waals surface area (Å²) in [6, 6.07) is 0. The maximum absolute atomic E-state index is 11.5. The Morgan fingerprint density at radius 1 is 1.56 bits per heavy atom. The molecule has 1 aliphatic rings. The third kappa shape index (κ3) is 4.37. The Kier molecular flexibility index (Phi) is 4.56. The van der Waals surface area contributed by atoms with Crippen LogP contribution in [0.5, 0.6) is 0 Å². The topological polar surface area (TPSA) is 67.8 Å². The van der Waals surface area contributed by atoms with Gasteiger partial charge in [0.1, 0.15) is 6.10 Å². The number of hydrogen-bond acceptors (Lipinski definition) is 4. The summed E-state index contributed by atoms with van der Waals surface area (Å²) in [5.41, 5.74) is -0.309. The van der Waals surface area contributed by atoms with E-state index in [0.29, 0.717) is 19.6 Å². The monoisotopic (exact) mass is 231 g/mol. The zero-order valence-electron chi connectivity index (χ0n) is 10.2. The van der Waals surface area contributed by atoms with Crippen LogP contribution in [0.4, 0.5) is 4.79 Å². The third-order valence-corrected chi connectivity index (χ3v) is 2.37. The SMILES string of the molecule is CC(C)(C)NC(=O)O[C@H]1CCOC[C@@H]1CO. The Hall–Kier alpha value is -0.810. The summed E-state index contributed by atoms with van der Waals surface area (Å²) in [6.45, 7) is 6.67. The molecule has 2 N–H and O–H groups in total. The molecule has 94 valence electrons. The molecule has 1 aliphatic heterocycles. The minimum absolute atomic E-state index is 0.0204. The summed E-state index contributed by atoms with van der Waals surface area (Å²) in [7, 11) is 0. The van der Waals surface area contributed by atoms with E-state index in [4.69, 9.17) is 14.6 Å². The van der Waals surface area contributed by atoms with Crippen LogP contribution in [0.2, 0.25) is 0 Å². The van der Waals surface area contributed by atoms with Crippen LogP contribution in [-0.4, -0.2) is 42.7 Å². The van der Waals surface area contributed by atoms with Crippen molar-refractivity contribution in [3.63, 3.8) is 0 Å². The minimum atomic E-state index is -0.433. The van der Waals surface area contributed by atoms with Gasteiger partial charge in [0, 0.05) is 17.9 Å². The van der Waals surface area contributed by atoms with Crippen LogP contribution in [0.3, 0.4) is 0 Å². The Morgan fingerprint density at radius 3 is 2.81 bits per heavy atom. The van der Waals surface area contributed by atoms with Gasteiger partial charge in [0.15, 0.2) is 0 Å². The quantitative estimate of drug-likeness (QED) is 0.741. The molecule has 0 spiro atoms. The lowest BCUT2D eigenvalue weighted by Crippen LogP contribution is -2.45. The van der Waals surface area contributed by atoms with Crippen LogP contribution in [0.25, 0.3) is 0 Å². The fourth-order valence-corrected chi connectivity index (χ4v) is 1.58. The van der Waals surface area contributed by atoms with Crippen molar-refractivity contribution in [2.75, 3.05) is 19.8 Å². The minimum Gasteiger partial charge on any atom is -0.446 e. The predicted octanol–water partition coefficient (Wildman–Crippen LogP) is 0.908. The first-order valence-corrected chi connectivity index (χ1v) is 5.60. The van der Waals surface area contributed by atoms with E-state index < -0.39 is 6.09 Å². The highest BCUT2D eigenvalue weighted by molar-refractivity contribution is 5.68. The van der Waals surface area contributed by atoms with Gasteiger partial charge in [0.2, 0.25) is 0 Å². The number of carbonyl (C=O) groups excluding carboxylic acids is 1. The van der Waals surface area contributed by atoms with Crippen LogP contribution < -0.4 is 5.32 Å². The van der Waals surface area contributed by atoms with Gasteiger partial charge in [-0.2, -0.15) is 0 Å². The maximum atomic E-state index is 11.5. The van der Waals surface area contributed by atoms with Gasteiger partial charge in [-0.15, -0.1) is 0 Å². The van der Waals surface area contributed by atoms with Crippen molar-refractivity contribution in [3.8, 4) is 0 Å². The molecule has 0 saturated carbocycles. The second kappa shape index (κ2) is 5.50. The lowest BCUT2D eigenvalue weighted by molar-refractivity contribution is -0.0602. The fraction of sp³-hybridized carbons (Fsp3) is 0.909. The van der Waals surface area contributed by atoms with Crippen LogP contribution in [0.1, 0.15) is 27.2 Å². The van der Waals surface area contributed by atoms with Crippen molar-refractivity contribution < 1.29 is 19.4 Å². The normalized spacial score (nSPS) is 26.2. The number of nitrogens with one attached hydrogen (secondary N) is 1. The Bertz CT molecular complexity index is 237. The van der Waals surface area contributed by atoms with E-state index in [-0.39, 0.29) is 24.2 Å². The molecule has 2 atom stereocenters. The van der Waals surface area contributed by atoms with E-state index in [1.165, 1.54) is 0 Å². The van der Waals surface area contributed by atoms with Crippen molar-refractivity contribution >= 4 is 6.09 Å². The summed E-state index contributed by atoms with van der Waals surface area (Å²) >= 11 is 0. The number of rotatable bonds is 2. The summed E-state index contributed by atoms with van der Waals surface area (Å²) in [4.78, 5) is 11.5. The van der Waals surface area contributed by atoms with Crippen LogP contribution >= 0.6 is 0 Å². The number of aliphatic hydroxyl groups excluding tert-OH is 1. The number of hydrogen-bond donors (Lipinski definition) is 2. The fourth-order valence-electron chi connectivity index (χ4n) is 1.58. The molecule has 1 heterocycles. The molecule has 0 radical (unpaired) electrons. The molecule has 5 heteroatoms. The number of ether oxygens (including phenoxy) is 2. The largest absolute Gasteiger partial charge is 0.446 e. The standard InChI is InChI=1S/C11H21NO4/c1-11(2,3)12-10(14)16-9-4-5-15-7-8(9)6-13/h8-9,13H,4-7H2,1-3H3,(H,12,14)/t8-,9-/m0/s1. The van der Waals surface area contributed by atoms with Crippen molar-refractivity contribution in [1.82, 2.24) is 5.32 Å². The summed E-state index contributed by atoms with van der Waals surface area (Å²) in [5, 5.41) is 11.8. The van der Waals surface area contributed by atoms with E-state index in [1.54, 1.807) is 0 Å². The van der Waals surface area contributed by atoms with Gasteiger partial charge in [-0.05, 0) is 20.8 Å². The molecule has 1 saturated heterocycles. The van der Waals surface area contributed by atoms with E-state index in [1.807, 2.05) is 20.8 Å². The molecule has 5 nitrogen and oxygen atoms in total. The van der Waals surface area contributed by atoms with E-state index in [9.17, 15) is 4.79 Å². The third-order valence-electron chi connectivity index (χ3n) is 2.37. The maximum Gasteiger partial charge on any atom is 0.407 e. The van der Waals surface area contributed by atoms with E-state index in [0.717, 1.165) is 0 Å². The van der Waals surface area contributed by atoms with E-state index >= 15 is 0 Å². The van der Waals surface area contributed by atoms with Gasteiger partial charge in [-0.3, -0.25) is 0 Å². The zero-order valence-corrected chi connectivity index (χ0v) is 10.2. The average Bonchev–Trinajstić information content (AvgIpc) is 2.15. The molecule has 1 rings (SSSR count). The van der Waals surface area contributed by atoms with Crippen molar-refractivity contribution in [3.05, 3.63) is 0 Å². The average molecular weight is 231 g/mol. The number of amides is 1. The van der Waals surface area contributed by atoms with Crippen molar-refractivity contribution in [1.29, 1.82) is 0 Å². The highest BCUT2D eigenvalue weighted by Crippen LogP contribution is 2.18. The predicted molar refractivity (Wildman–Crippen MR) is 59.2 cm³/mol. The van der Waals surface area contributed by atoms with Gasteiger partial charge < -0.3 is 19.9 Å². The number of aliphatic hydroxyl groups is 1. The molecule has 0 aromatic carbocycles. The zero-order chi connectivity index (χ0) is 12.2. The lowest BCUT2D eigenvalue weighted by Gasteiger charge is -2.31. The molecule has 0 bridgehead atoms. The van der Waals surface area contributed by atoms with Gasteiger partial charge >= 0.3 is 6.09 Å². The molecule has 16 heavy (non-hydrogen) atoms. The van der Waals surface area contributed by atoms with Crippen LogP contribution in [0, 0.1) is 5.92 Å². The molecular weight excluding hydrogens is 210 g/mol.